The van der Waals surface area contributed by atoms with Gasteiger partial charge in [-0.2, -0.15) is 5.10 Å². The van der Waals surface area contributed by atoms with Gasteiger partial charge in [-0.15, -0.1) is 0 Å². The lowest BCUT2D eigenvalue weighted by Crippen LogP contribution is -2.45. The normalized spacial score (nSPS) is 18.6. The number of hydrogen-bond acceptors (Lipinski definition) is 5. The number of likely N-dealkylation sites (tertiary alicyclic amines) is 1. The van der Waals surface area contributed by atoms with Gasteiger partial charge in [-0.05, 0) is 69.5 Å². The number of fused-ring (bicyclic) bond motifs is 1. The van der Waals surface area contributed by atoms with Crippen LogP contribution in [0.15, 0.2) is 42.9 Å². The van der Waals surface area contributed by atoms with Gasteiger partial charge in [0.15, 0.2) is 0 Å². The molecule has 0 aromatic carbocycles. The zero-order valence-corrected chi connectivity index (χ0v) is 19.0. The minimum Gasteiger partial charge on any atom is -0.366 e. The van der Waals surface area contributed by atoms with Crippen molar-refractivity contribution in [3.8, 4) is 11.3 Å². The minimum absolute atomic E-state index is 0.609. The maximum atomic E-state index is 11.0. The minimum atomic E-state index is 0.609. The molecule has 2 aliphatic rings. The molecule has 3 aromatic heterocycles. The van der Waals surface area contributed by atoms with E-state index in [1.54, 1.807) is 0 Å². The molecule has 0 N–H and O–H groups in total. The van der Waals surface area contributed by atoms with Crippen LogP contribution in [0.5, 0.6) is 0 Å². The van der Waals surface area contributed by atoms with Gasteiger partial charge in [0.05, 0.1) is 16.9 Å². The van der Waals surface area contributed by atoms with E-state index in [4.69, 9.17) is 4.98 Å². The summed E-state index contributed by atoms with van der Waals surface area (Å²) in [7, 11) is 0. The van der Waals surface area contributed by atoms with E-state index in [1.165, 1.54) is 31.5 Å². The number of piperazine rings is 1. The number of piperidine rings is 1. The average molecular weight is 433 g/mol. The van der Waals surface area contributed by atoms with Gasteiger partial charge < -0.3 is 14.7 Å². The van der Waals surface area contributed by atoms with Crippen molar-refractivity contribution in [2.45, 2.75) is 38.6 Å². The second kappa shape index (κ2) is 8.90. The van der Waals surface area contributed by atoms with E-state index in [1.807, 2.05) is 15.6 Å². The van der Waals surface area contributed by atoms with Crippen LogP contribution in [0.3, 0.4) is 0 Å². The van der Waals surface area contributed by atoms with Gasteiger partial charge in [0.1, 0.15) is 0 Å². The molecule has 2 fully saturated rings. The van der Waals surface area contributed by atoms with Gasteiger partial charge in [-0.3, -0.25) is 9.78 Å². The van der Waals surface area contributed by atoms with Crippen molar-refractivity contribution < 1.29 is 4.79 Å². The Kier molecular flexibility index (Phi) is 5.83. The van der Waals surface area contributed by atoms with Gasteiger partial charge in [0.2, 0.25) is 6.41 Å². The SMILES string of the molecule is CC(C)N1CCC(c2ccc(-c3cc4c(N5CCN(C=O)CC5)ccnn4c3)nc2)CC1. The van der Waals surface area contributed by atoms with Crippen molar-refractivity contribution in [3.63, 3.8) is 0 Å². The fourth-order valence-electron chi connectivity index (χ4n) is 5.04. The van der Waals surface area contributed by atoms with E-state index in [0.29, 0.717) is 12.0 Å². The Balaban J connectivity index is 1.34. The van der Waals surface area contributed by atoms with E-state index in [-0.39, 0.29) is 0 Å². The third-order valence-electron chi connectivity index (χ3n) is 7.10. The molecule has 0 aliphatic carbocycles. The predicted octanol–water partition coefficient (Wildman–Crippen LogP) is 3.26. The average Bonchev–Trinajstić information content (AvgIpc) is 3.29. The fraction of sp³-hybridized carbons (Fsp3) is 0.480. The second-order valence-electron chi connectivity index (χ2n) is 9.28. The quantitative estimate of drug-likeness (QED) is 0.579. The summed E-state index contributed by atoms with van der Waals surface area (Å²) in [6.07, 6.45) is 9.33. The van der Waals surface area contributed by atoms with Gasteiger partial charge >= 0.3 is 0 Å². The molecule has 5 heterocycles. The molecule has 0 saturated carbocycles. The first-order valence-corrected chi connectivity index (χ1v) is 11.7. The second-order valence-corrected chi connectivity index (χ2v) is 9.28. The summed E-state index contributed by atoms with van der Waals surface area (Å²) < 4.78 is 1.94. The first-order chi connectivity index (χ1) is 15.6. The van der Waals surface area contributed by atoms with Crippen molar-refractivity contribution in [3.05, 3.63) is 48.4 Å². The molecule has 2 aliphatic heterocycles. The number of hydrogen-bond donors (Lipinski definition) is 0. The van der Waals surface area contributed by atoms with Crippen molar-refractivity contribution in [1.29, 1.82) is 0 Å². The summed E-state index contributed by atoms with van der Waals surface area (Å²) in [4.78, 5) is 22.6. The molecule has 168 valence electrons. The zero-order valence-electron chi connectivity index (χ0n) is 19.0. The molecule has 2 saturated heterocycles. The summed E-state index contributed by atoms with van der Waals surface area (Å²) >= 11 is 0. The van der Waals surface area contributed by atoms with Crippen LogP contribution in [-0.4, -0.2) is 76.1 Å². The van der Waals surface area contributed by atoms with E-state index >= 15 is 0 Å². The van der Waals surface area contributed by atoms with Crippen LogP contribution in [0.25, 0.3) is 16.8 Å². The maximum Gasteiger partial charge on any atom is 0.209 e. The van der Waals surface area contributed by atoms with Crippen LogP contribution in [0, 0.1) is 0 Å². The topological polar surface area (TPSA) is 57.0 Å². The van der Waals surface area contributed by atoms with Crippen LogP contribution < -0.4 is 4.90 Å². The van der Waals surface area contributed by atoms with Crippen molar-refractivity contribution in [2.24, 2.45) is 0 Å². The number of amides is 1. The fourth-order valence-corrected chi connectivity index (χ4v) is 5.04. The molecule has 0 spiro atoms. The zero-order chi connectivity index (χ0) is 22.1. The molecular formula is C25H32N6O. The summed E-state index contributed by atoms with van der Waals surface area (Å²) in [5.74, 6) is 0.609. The number of nitrogens with zero attached hydrogens (tertiary/aromatic N) is 6. The lowest BCUT2D eigenvalue weighted by Gasteiger charge is -2.34. The highest BCUT2D eigenvalue weighted by molar-refractivity contribution is 5.79. The van der Waals surface area contributed by atoms with E-state index in [0.717, 1.165) is 55.1 Å². The molecule has 7 heteroatoms. The Bertz CT molecular complexity index is 1060. The van der Waals surface area contributed by atoms with Crippen LogP contribution >= 0.6 is 0 Å². The van der Waals surface area contributed by atoms with E-state index in [9.17, 15) is 4.79 Å². The molecule has 0 atom stereocenters. The highest BCUT2D eigenvalue weighted by atomic mass is 16.1. The molecule has 0 unspecified atom stereocenters. The standard InChI is InChI=1S/C25H32N6O/c1-19(2)29-9-6-20(7-10-29)21-3-4-23(26-16-21)22-15-25-24(5-8-27-31(25)17-22)30-13-11-28(18-32)12-14-30/h3-5,8,15-20H,6-7,9-14H2,1-2H3. The summed E-state index contributed by atoms with van der Waals surface area (Å²) in [5, 5.41) is 4.52. The van der Waals surface area contributed by atoms with Crippen LogP contribution in [-0.2, 0) is 4.79 Å². The molecule has 0 radical (unpaired) electrons. The number of rotatable bonds is 5. The monoisotopic (exact) mass is 432 g/mol. The Morgan fingerprint density at radius 2 is 1.81 bits per heavy atom. The number of anilines is 1. The van der Waals surface area contributed by atoms with Crippen LogP contribution in [0.1, 0.15) is 38.2 Å². The Morgan fingerprint density at radius 3 is 2.47 bits per heavy atom. The molecule has 32 heavy (non-hydrogen) atoms. The number of aromatic nitrogens is 3. The van der Waals surface area contributed by atoms with Crippen molar-refractivity contribution in [2.75, 3.05) is 44.2 Å². The maximum absolute atomic E-state index is 11.0. The third kappa shape index (κ3) is 4.09. The Morgan fingerprint density at radius 1 is 1.03 bits per heavy atom. The molecule has 1 amide bonds. The Hall–Kier alpha value is -2.93. The highest BCUT2D eigenvalue weighted by Crippen LogP contribution is 2.31. The van der Waals surface area contributed by atoms with E-state index in [2.05, 4.69) is 65.4 Å². The summed E-state index contributed by atoms with van der Waals surface area (Å²) in [6, 6.07) is 9.29. The summed E-state index contributed by atoms with van der Waals surface area (Å²) in [6.45, 7) is 10.1. The largest absolute Gasteiger partial charge is 0.366 e. The van der Waals surface area contributed by atoms with Crippen LogP contribution in [0.2, 0.25) is 0 Å². The predicted molar refractivity (Wildman–Crippen MR) is 127 cm³/mol. The molecular weight excluding hydrogens is 400 g/mol. The highest BCUT2D eigenvalue weighted by Gasteiger charge is 2.23. The van der Waals surface area contributed by atoms with Gasteiger partial charge in [0, 0.05) is 56.4 Å². The first kappa shape index (κ1) is 20.9. The van der Waals surface area contributed by atoms with Gasteiger partial charge in [-0.1, -0.05) is 6.07 Å². The van der Waals surface area contributed by atoms with E-state index < -0.39 is 0 Å². The van der Waals surface area contributed by atoms with Gasteiger partial charge in [0.25, 0.3) is 0 Å². The number of pyridine rings is 1. The lowest BCUT2D eigenvalue weighted by molar-refractivity contribution is -0.118. The first-order valence-electron chi connectivity index (χ1n) is 11.7. The summed E-state index contributed by atoms with van der Waals surface area (Å²) in [5.41, 5.74) is 5.65. The number of carbonyl (C=O) groups is 1. The third-order valence-corrected chi connectivity index (χ3v) is 7.10. The molecule has 7 nitrogen and oxygen atoms in total. The number of carbonyl (C=O) groups excluding carboxylic acids is 1. The lowest BCUT2D eigenvalue weighted by atomic mass is 9.90. The Labute approximate surface area is 189 Å². The van der Waals surface area contributed by atoms with Crippen LogP contribution in [0.4, 0.5) is 5.69 Å². The van der Waals surface area contributed by atoms with Crippen molar-refractivity contribution >= 4 is 17.6 Å². The van der Waals surface area contributed by atoms with Gasteiger partial charge in [-0.25, -0.2) is 4.52 Å². The van der Waals surface area contributed by atoms with Crippen molar-refractivity contribution in [1.82, 2.24) is 24.4 Å². The smallest absolute Gasteiger partial charge is 0.209 e. The molecule has 5 rings (SSSR count). The molecule has 3 aromatic rings. The molecule has 0 bridgehead atoms.